The van der Waals surface area contributed by atoms with Crippen LogP contribution in [0.25, 0.3) is 76.7 Å². The van der Waals surface area contributed by atoms with Gasteiger partial charge in [-0.3, -0.25) is 0 Å². The van der Waals surface area contributed by atoms with Gasteiger partial charge in [0.15, 0.2) is 0 Å². The van der Waals surface area contributed by atoms with E-state index in [4.69, 9.17) is 4.98 Å². The standard InChI is InChI=1S/C39H25N/c1-2-10-26(11-3-1)27-18-20-28(21-19-27)29-22-24-30(25-23-29)39-38-34-15-7-5-13-32(34)31-12-4-6-14-33(31)37(38)35-16-8-9-17-36(35)40-39/h1-25H. The summed E-state index contributed by atoms with van der Waals surface area (Å²) < 4.78 is 0. The summed E-state index contributed by atoms with van der Waals surface area (Å²) in [5.74, 6) is 0. The van der Waals surface area contributed by atoms with Crippen molar-refractivity contribution in [2.24, 2.45) is 0 Å². The molecule has 0 N–H and O–H groups in total. The van der Waals surface area contributed by atoms with E-state index >= 15 is 0 Å². The molecule has 0 bridgehead atoms. The maximum atomic E-state index is 5.28. The van der Waals surface area contributed by atoms with Gasteiger partial charge in [0, 0.05) is 21.7 Å². The normalized spacial score (nSPS) is 11.5. The molecule has 1 heteroatoms. The molecule has 0 amide bonds. The lowest BCUT2D eigenvalue weighted by Crippen LogP contribution is -1.93. The van der Waals surface area contributed by atoms with E-state index in [1.54, 1.807) is 0 Å². The summed E-state index contributed by atoms with van der Waals surface area (Å²) in [6.45, 7) is 0. The SMILES string of the molecule is c1ccc(-c2ccc(-c3ccc(-c4nc5ccccc5c5c6ccccc6c6ccccc6c45)cc3)cc2)cc1. The molecule has 8 aromatic rings. The average Bonchev–Trinajstić information content (AvgIpc) is 3.05. The summed E-state index contributed by atoms with van der Waals surface area (Å²) in [5.41, 5.74) is 8.04. The maximum absolute atomic E-state index is 5.28. The molecule has 40 heavy (non-hydrogen) atoms. The highest BCUT2D eigenvalue weighted by molar-refractivity contribution is 6.33. The number of benzene rings is 7. The highest BCUT2D eigenvalue weighted by atomic mass is 14.7. The zero-order chi connectivity index (χ0) is 26.5. The lowest BCUT2D eigenvalue weighted by Gasteiger charge is -2.16. The van der Waals surface area contributed by atoms with Crippen LogP contribution < -0.4 is 0 Å². The Morgan fingerprint density at radius 1 is 0.275 bits per heavy atom. The van der Waals surface area contributed by atoms with Gasteiger partial charge in [0.1, 0.15) is 0 Å². The first kappa shape index (κ1) is 22.7. The first-order valence-electron chi connectivity index (χ1n) is 13.7. The summed E-state index contributed by atoms with van der Waals surface area (Å²) in [4.78, 5) is 5.28. The summed E-state index contributed by atoms with van der Waals surface area (Å²) in [7, 11) is 0. The molecule has 7 aromatic carbocycles. The third-order valence-corrected chi connectivity index (χ3v) is 8.06. The Hall–Kier alpha value is -5.27. The van der Waals surface area contributed by atoms with Crippen LogP contribution >= 0.6 is 0 Å². The van der Waals surface area contributed by atoms with E-state index in [1.165, 1.54) is 60.0 Å². The van der Waals surface area contributed by atoms with Crippen molar-refractivity contribution >= 4 is 43.2 Å². The van der Waals surface area contributed by atoms with Gasteiger partial charge >= 0.3 is 0 Å². The van der Waals surface area contributed by atoms with Crippen molar-refractivity contribution in [3.05, 3.63) is 152 Å². The van der Waals surface area contributed by atoms with Crippen LogP contribution in [0.5, 0.6) is 0 Å². The Labute approximate surface area is 233 Å². The molecular weight excluding hydrogens is 482 g/mol. The Morgan fingerprint density at radius 3 is 1.25 bits per heavy atom. The van der Waals surface area contributed by atoms with E-state index in [2.05, 4.69) is 152 Å². The first-order chi connectivity index (χ1) is 19.8. The number of pyridine rings is 1. The third-order valence-electron chi connectivity index (χ3n) is 8.06. The number of aromatic nitrogens is 1. The molecule has 1 aromatic heterocycles. The van der Waals surface area contributed by atoms with Gasteiger partial charge in [-0.25, -0.2) is 4.98 Å². The fourth-order valence-electron chi connectivity index (χ4n) is 6.14. The van der Waals surface area contributed by atoms with E-state index in [0.717, 1.165) is 16.8 Å². The molecule has 0 aliphatic carbocycles. The molecule has 0 radical (unpaired) electrons. The Kier molecular flexibility index (Phi) is 5.21. The number of rotatable bonds is 3. The largest absolute Gasteiger partial charge is 0.247 e. The fraction of sp³-hybridized carbons (Fsp3) is 0. The topological polar surface area (TPSA) is 12.9 Å². The van der Waals surface area contributed by atoms with E-state index in [0.29, 0.717) is 0 Å². The van der Waals surface area contributed by atoms with Crippen molar-refractivity contribution in [2.45, 2.75) is 0 Å². The molecule has 0 fully saturated rings. The lowest BCUT2D eigenvalue weighted by molar-refractivity contribution is 1.43. The number of fused-ring (bicyclic) bond motifs is 8. The number of nitrogens with zero attached hydrogens (tertiary/aromatic N) is 1. The van der Waals surface area contributed by atoms with Gasteiger partial charge in [0.25, 0.3) is 0 Å². The predicted molar refractivity (Wildman–Crippen MR) is 171 cm³/mol. The summed E-state index contributed by atoms with van der Waals surface area (Å²) in [5, 5.41) is 8.74. The Morgan fingerprint density at radius 2 is 0.675 bits per heavy atom. The van der Waals surface area contributed by atoms with Crippen molar-refractivity contribution in [1.29, 1.82) is 0 Å². The van der Waals surface area contributed by atoms with Gasteiger partial charge in [-0.2, -0.15) is 0 Å². The summed E-state index contributed by atoms with van der Waals surface area (Å²) in [6.07, 6.45) is 0. The summed E-state index contributed by atoms with van der Waals surface area (Å²) >= 11 is 0. The molecule has 1 nitrogen and oxygen atoms in total. The lowest BCUT2D eigenvalue weighted by atomic mass is 9.89. The molecule has 8 rings (SSSR count). The molecule has 0 atom stereocenters. The summed E-state index contributed by atoms with van der Waals surface area (Å²) in [6, 6.07) is 54.3. The minimum absolute atomic E-state index is 1.02. The molecule has 0 saturated heterocycles. The van der Waals surface area contributed by atoms with E-state index in [9.17, 15) is 0 Å². The monoisotopic (exact) mass is 507 g/mol. The van der Waals surface area contributed by atoms with Crippen molar-refractivity contribution < 1.29 is 0 Å². The van der Waals surface area contributed by atoms with Crippen LogP contribution in [0.4, 0.5) is 0 Å². The van der Waals surface area contributed by atoms with Gasteiger partial charge in [0.05, 0.1) is 11.2 Å². The molecule has 0 spiro atoms. The average molecular weight is 508 g/mol. The van der Waals surface area contributed by atoms with Crippen molar-refractivity contribution in [1.82, 2.24) is 4.98 Å². The minimum Gasteiger partial charge on any atom is -0.247 e. The first-order valence-corrected chi connectivity index (χ1v) is 13.7. The molecule has 0 saturated carbocycles. The van der Waals surface area contributed by atoms with E-state index in [1.807, 2.05) is 0 Å². The molecule has 186 valence electrons. The molecule has 0 aliphatic heterocycles. The highest BCUT2D eigenvalue weighted by Gasteiger charge is 2.17. The Bertz CT molecular complexity index is 2180. The smallest absolute Gasteiger partial charge is 0.0794 e. The van der Waals surface area contributed by atoms with Crippen LogP contribution in [-0.4, -0.2) is 4.98 Å². The maximum Gasteiger partial charge on any atom is 0.0794 e. The van der Waals surface area contributed by atoms with Gasteiger partial charge in [-0.1, -0.05) is 146 Å². The van der Waals surface area contributed by atoms with E-state index < -0.39 is 0 Å². The Balaban J connectivity index is 1.33. The second kappa shape index (κ2) is 9.18. The van der Waals surface area contributed by atoms with Crippen LogP contribution in [0.2, 0.25) is 0 Å². The second-order valence-electron chi connectivity index (χ2n) is 10.3. The van der Waals surface area contributed by atoms with Gasteiger partial charge in [-0.15, -0.1) is 0 Å². The predicted octanol–water partition coefficient (Wildman–Crippen LogP) is 10.7. The molecule has 1 heterocycles. The molecule has 0 unspecified atom stereocenters. The molecular formula is C39H25N. The van der Waals surface area contributed by atoms with Crippen LogP contribution in [-0.2, 0) is 0 Å². The number of para-hydroxylation sites is 1. The number of hydrogen-bond donors (Lipinski definition) is 0. The highest BCUT2D eigenvalue weighted by Crippen LogP contribution is 2.42. The van der Waals surface area contributed by atoms with Gasteiger partial charge < -0.3 is 0 Å². The van der Waals surface area contributed by atoms with Crippen LogP contribution in [0, 0.1) is 0 Å². The third kappa shape index (κ3) is 3.60. The van der Waals surface area contributed by atoms with Crippen LogP contribution in [0.15, 0.2) is 152 Å². The van der Waals surface area contributed by atoms with Crippen molar-refractivity contribution in [2.75, 3.05) is 0 Å². The zero-order valence-corrected chi connectivity index (χ0v) is 21.9. The minimum atomic E-state index is 1.02. The molecule has 0 aliphatic rings. The fourth-order valence-corrected chi connectivity index (χ4v) is 6.14. The quantitative estimate of drug-likeness (QED) is 0.217. The second-order valence-corrected chi connectivity index (χ2v) is 10.3. The van der Waals surface area contributed by atoms with Crippen molar-refractivity contribution in [3.63, 3.8) is 0 Å². The van der Waals surface area contributed by atoms with Crippen molar-refractivity contribution in [3.8, 4) is 33.5 Å². The zero-order valence-electron chi connectivity index (χ0n) is 21.9. The van der Waals surface area contributed by atoms with Crippen LogP contribution in [0.1, 0.15) is 0 Å². The van der Waals surface area contributed by atoms with Crippen LogP contribution in [0.3, 0.4) is 0 Å². The van der Waals surface area contributed by atoms with Gasteiger partial charge in [-0.05, 0) is 49.9 Å². The van der Waals surface area contributed by atoms with E-state index in [-0.39, 0.29) is 0 Å². The number of hydrogen-bond acceptors (Lipinski definition) is 1. The van der Waals surface area contributed by atoms with Gasteiger partial charge in [0.2, 0.25) is 0 Å².